The van der Waals surface area contributed by atoms with Crippen LogP contribution in [-0.2, 0) is 0 Å². The topological polar surface area (TPSA) is 17.1 Å². The molecule has 2 rings (SSSR count). The van der Waals surface area contributed by atoms with Gasteiger partial charge in [0.2, 0.25) is 0 Å². The number of rotatable bonds is 2. The molecule has 13 heavy (non-hydrogen) atoms. The van der Waals surface area contributed by atoms with E-state index in [2.05, 4.69) is 0 Å². The average Bonchev–Trinajstić information content (AvgIpc) is 2.72. The highest BCUT2D eigenvalue weighted by Crippen LogP contribution is 2.31. The molecule has 0 radical (unpaired) electrons. The van der Waals surface area contributed by atoms with Crippen molar-refractivity contribution in [3.05, 3.63) is 21.3 Å². The van der Waals surface area contributed by atoms with E-state index in [-0.39, 0.29) is 5.92 Å². The number of halogens is 1. The van der Waals surface area contributed by atoms with Crippen LogP contribution in [0.2, 0.25) is 4.34 Å². The van der Waals surface area contributed by atoms with Gasteiger partial charge in [-0.1, -0.05) is 24.4 Å². The molecule has 1 aromatic rings. The van der Waals surface area contributed by atoms with Crippen molar-refractivity contribution in [3.8, 4) is 0 Å². The van der Waals surface area contributed by atoms with Crippen LogP contribution in [-0.4, -0.2) is 5.78 Å². The van der Waals surface area contributed by atoms with Gasteiger partial charge in [-0.05, 0) is 25.0 Å². The zero-order valence-electron chi connectivity index (χ0n) is 7.25. The second-order valence-electron chi connectivity index (χ2n) is 3.45. The summed E-state index contributed by atoms with van der Waals surface area (Å²) in [4.78, 5) is 12.6. The van der Waals surface area contributed by atoms with Crippen LogP contribution in [0.25, 0.3) is 0 Å². The minimum Gasteiger partial charge on any atom is -0.293 e. The molecular weight excluding hydrogens is 204 g/mol. The van der Waals surface area contributed by atoms with Crippen molar-refractivity contribution in [2.45, 2.75) is 25.7 Å². The van der Waals surface area contributed by atoms with Gasteiger partial charge in [-0.3, -0.25) is 4.79 Å². The van der Waals surface area contributed by atoms with Gasteiger partial charge < -0.3 is 0 Å². The lowest BCUT2D eigenvalue weighted by Crippen LogP contribution is -2.08. The van der Waals surface area contributed by atoms with Gasteiger partial charge >= 0.3 is 0 Å². The Kier molecular flexibility index (Phi) is 2.70. The summed E-state index contributed by atoms with van der Waals surface area (Å²) < 4.78 is 0.710. The number of thiophene rings is 1. The predicted molar refractivity (Wildman–Crippen MR) is 55.6 cm³/mol. The number of ketones is 1. The molecule has 1 aromatic heterocycles. The normalized spacial score (nSPS) is 17.9. The fraction of sp³-hybridized carbons (Fsp3) is 0.500. The fourth-order valence-corrected chi connectivity index (χ4v) is 2.90. The van der Waals surface area contributed by atoms with Crippen LogP contribution >= 0.6 is 22.9 Å². The smallest absolute Gasteiger partial charge is 0.175 e. The van der Waals surface area contributed by atoms with Crippen molar-refractivity contribution in [3.63, 3.8) is 0 Å². The van der Waals surface area contributed by atoms with Gasteiger partial charge in [-0.2, -0.15) is 0 Å². The number of carbonyl (C=O) groups excluding carboxylic acids is 1. The van der Waals surface area contributed by atoms with Crippen molar-refractivity contribution in [2.24, 2.45) is 5.92 Å². The molecule has 0 spiro atoms. The first-order valence-electron chi connectivity index (χ1n) is 4.57. The second kappa shape index (κ2) is 3.81. The molecule has 0 bridgehead atoms. The lowest BCUT2D eigenvalue weighted by molar-refractivity contribution is 0.0927. The summed E-state index contributed by atoms with van der Waals surface area (Å²) in [6, 6.07) is 3.64. The van der Waals surface area contributed by atoms with E-state index < -0.39 is 0 Å². The van der Waals surface area contributed by atoms with E-state index in [9.17, 15) is 4.79 Å². The van der Waals surface area contributed by atoms with Gasteiger partial charge in [-0.25, -0.2) is 0 Å². The summed E-state index contributed by atoms with van der Waals surface area (Å²) in [7, 11) is 0. The molecule has 1 aliphatic carbocycles. The van der Waals surface area contributed by atoms with Gasteiger partial charge in [0.1, 0.15) is 0 Å². The lowest BCUT2D eigenvalue weighted by atomic mass is 10.0. The molecule has 0 aromatic carbocycles. The van der Waals surface area contributed by atoms with Crippen molar-refractivity contribution < 1.29 is 4.79 Å². The van der Waals surface area contributed by atoms with E-state index >= 15 is 0 Å². The molecule has 0 saturated heterocycles. The highest BCUT2D eigenvalue weighted by molar-refractivity contribution is 7.18. The van der Waals surface area contributed by atoms with Gasteiger partial charge in [0, 0.05) is 5.92 Å². The Bertz CT molecular complexity index is 312. The third kappa shape index (κ3) is 1.94. The minimum atomic E-state index is 0.273. The van der Waals surface area contributed by atoms with E-state index in [0.717, 1.165) is 17.7 Å². The van der Waals surface area contributed by atoms with Crippen molar-refractivity contribution in [1.82, 2.24) is 0 Å². The summed E-state index contributed by atoms with van der Waals surface area (Å²) in [6.07, 6.45) is 4.54. The summed E-state index contributed by atoms with van der Waals surface area (Å²) in [5.41, 5.74) is 0. The fourth-order valence-electron chi connectivity index (χ4n) is 1.84. The van der Waals surface area contributed by atoms with Crippen LogP contribution in [0.5, 0.6) is 0 Å². The van der Waals surface area contributed by atoms with E-state index in [1.165, 1.54) is 24.2 Å². The molecule has 1 aliphatic rings. The van der Waals surface area contributed by atoms with Gasteiger partial charge in [0.15, 0.2) is 5.78 Å². The van der Waals surface area contributed by atoms with Crippen LogP contribution < -0.4 is 0 Å². The van der Waals surface area contributed by atoms with Crippen molar-refractivity contribution in [1.29, 1.82) is 0 Å². The Morgan fingerprint density at radius 2 is 2.08 bits per heavy atom. The minimum absolute atomic E-state index is 0.273. The molecule has 1 nitrogen and oxygen atoms in total. The lowest BCUT2D eigenvalue weighted by Gasteiger charge is -2.04. The van der Waals surface area contributed by atoms with E-state index in [0.29, 0.717) is 10.1 Å². The van der Waals surface area contributed by atoms with E-state index in [1.54, 1.807) is 6.07 Å². The third-order valence-corrected chi connectivity index (χ3v) is 3.79. The van der Waals surface area contributed by atoms with Crippen LogP contribution in [0.4, 0.5) is 0 Å². The molecule has 1 fully saturated rings. The Morgan fingerprint density at radius 1 is 1.38 bits per heavy atom. The standard InChI is InChI=1S/C10H11ClOS/c11-9-6-5-8(13-9)10(12)7-3-1-2-4-7/h5-7H,1-4H2. The first-order valence-corrected chi connectivity index (χ1v) is 5.76. The molecule has 0 aliphatic heterocycles. The van der Waals surface area contributed by atoms with Crippen LogP contribution in [0.15, 0.2) is 12.1 Å². The number of carbonyl (C=O) groups is 1. The molecule has 70 valence electrons. The second-order valence-corrected chi connectivity index (χ2v) is 5.16. The summed E-state index contributed by atoms with van der Waals surface area (Å²) in [5.74, 6) is 0.573. The van der Waals surface area contributed by atoms with Crippen LogP contribution in [0.1, 0.15) is 35.4 Å². The number of Topliss-reactive ketones (excluding diaryl/α,β-unsaturated/α-hetero) is 1. The maximum Gasteiger partial charge on any atom is 0.175 e. The maximum atomic E-state index is 11.8. The molecule has 0 atom stereocenters. The summed E-state index contributed by atoms with van der Waals surface area (Å²) >= 11 is 7.18. The Hall–Kier alpha value is -0.340. The molecule has 3 heteroatoms. The molecule has 1 saturated carbocycles. The molecule has 0 unspecified atom stereocenters. The van der Waals surface area contributed by atoms with Crippen LogP contribution in [0.3, 0.4) is 0 Å². The third-order valence-electron chi connectivity index (χ3n) is 2.54. The molecule has 0 amide bonds. The summed E-state index contributed by atoms with van der Waals surface area (Å²) in [5, 5.41) is 0. The molecular formula is C10H11ClOS. The highest BCUT2D eigenvalue weighted by Gasteiger charge is 2.24. The Morgan fingerprint density at radius 3 is 2.62 bits per heavy atom. The van der Waals surface area contributed by atoms with Crippen LogP contribution in [0, 0.1) is 5.92 Å². The monoisotopic (exact) mass is 214 g/mol. The zero-order chi connectivity index (χ0) is 9.26. The zero-order valence-corrected chi connectivity index (χ0v) is 8.83. The SMILES string of the molecule is O=C(c1ccc(Cl)s1)C1CCCC1. The van der Waals surface area contributed by atoms with Crippen molar-refractivity contribution >= 4 is 28.7 Å². The molecule has 1 heterocycles. The first-order chi connectivity index (χ1) is 6.27. The largest absolute Gasteiger partial charge is 0.293 e. The van der Waals surface area contributed by atoms with Crippen molar-refractivity contribution in [2.75, 3.05) is 0 Å². The summed E-state index contributed by atoms with van der Waals surface area (Å²) in [6.45, 7) is 0. The first kappa shape index (κ1) is 9.22. The van der Waals surface area contributed by atoms with E-state index in [4.69, 9.17) is 11.6 Å². The Labute approximate surface area is 86.7 Å². The highest BCUT2D eigenvalue weighted by atomic mass is 35.5. The quantitative estimate of drug-likeness (QED) is 0.685. The van der Waals surface area contributed by atoms with Gasteiger partial charge in [0.25, 0.3) is 0 Å². The number of hydrogen-bond donors (Lipinski definition) is 0. The predicted octanol–water partition coefficient (Wildman–Crippen LogP) is 3.77. The maximum absolute atomic E-state index is 11.8. The average molecular weight is 215 g/mol. The van der Waals surface area contributed by atoms with E-state index in [1.807, 2.05) is 6.07 Å². The Balaban J connectivity index is 2.12. The van der Waals surface area contributed by atoms with Gasteiger partial charge in [0.05, 0.1) is 9.21 Å². The van der Waals surface area contributed by atoms with Gasteiger partial charge in [-0.15, -0.1) is 11.3 Å². The molecule has 0 N–H and O–H groups in total. The number of hydrogen-bond acceptors (Lipinski definition) is 2.